The smallest absolute Gasteiger partial charge is 0.239 e. The molecule has 0 aliphatic heterocycles. The number of carbonyl (C=O) groups excluding carboxylic acids is 1. The highest BCUT2D eigenvalue weighted by molar-refractivity contribution is 9.10. The van der Waals surface area contributed by atoms with E-state index >= 15 is 0 Å². The highest BCUT2D eigenvalue weighted by Gasteiger charge is 2.00. The molecule has 4 nitrogen and oxygen atoms in total. The highest BCUT2D eigenvalue weighted by Crippen LogP contribution is 2.09. The van der Waals surface area contributed by atoms with E-state index in [1.807, 2.05) is 6.07 Å². The van der Waals surface area contributed by atoms with Crippen LogP contribution in [0.1, 0.15) is 0 Å². The fraction of sp³-hybridized carbons (Fsp3) is 0.250. The Kier molecular flexibility index (Phi) is 3.85. The summed E-state index contributed by atoms with van der Waals surface area (Å²) >= 11 is 3.25. The second kappa shape index (κ2) is 4.94. The molecule has 13 heavy (non-hydrogen) atoms. The zero-order chi connectivity index (χ0) is 9.68. The molecule has 5 heteroatoms. The molecule has 2 N–H and O–H groups in total. The van der Waals surface area contributed by atoms with Crippen LogP contribution < -0.4 is 10.6 Å². The Hall–Kier alpha value is -0.940. The molecule has 0 radical (unpaired) electrons. The van der Waals surface area contributed by atoms with E-state index in [9.17, 15) is 4.79 Å². The molecule has 0 fully saturated rings. The number of nitrogens with one attached hydrogen (secondary N) is 2. The van der Waals surface area contributed by atoms with Crippen molar-refractivity contribution in [3.8, 4) is 0 Å². The second-order valence-electron chi connectivity index (χ2n) is 2.44. The summed E-state index contributed by atoms with van der Waals surface area (Å²) in [5, 5.41) is 5.39. The lowest BCUT2D eigenvalue weighted by atomic mass is 10.4. The maximum atomic E-state index is 11.1. The number of halogens is 1. The molecule has 0 unspecified atom stereocenters. The first-order chi connectivity index (χ1) is 6.22. The minimum Gasteiger partial charge on any atom is -0.311 e. The Bertz CT molecular complexity index is 286. The standard InChI is InChI=1S/C8H10BrN3O/c1-10-5-8(13)12-7-3-2-6(9)4-11-7/h2-4,10H,5H2,1H3,(H,11,12,13). The van der Waals surface area contributed by atoms with Gasteiger partial charge in [0.1, 0.15) is 5.82 Å². The van der Waals surface area contributed by atoms with E-state index in [-0.39, 0.29) is 12.5 Å². The van der Waals surface area contributed by atoms with Crippen LogP contribution >= 0.6 is 15.9 Å². The summed E-state index contributed by atoms with van der Waals surface area (Å²) in [6, 6.07) is 3.56. The Labute approximate surface area is 84.9 Å². The molecule has 1 aromatic rings. The van der Waals surface area contributed by atoms with Gasteiger partial charge >= 0.3 is 0 Å². The Balaban J connectivity index is 2.54. The monoisotopic (exact) mass is 243 g/mol. The van der Waals surface area contributed by atoms with Gasteiger partial charge in [-0.25, -0.2) is 4.98 Å². The van der Waals surface area contributed by atoms with Crippen LogP contribution in [-0.2, 0) is 4.79 Å². The zero-order valence-electron chi connectivity index (χ0n) is 7.17. The Morgan fingerprint density at radius 2 is 2.38 bits per heavy atom. The lowest BCUT2D eigenvalue weighted by Crippen LogP contribution is -2.25. The number of aromatic nitrogens is 1. The first-order valence-electron chi connectivity index (χ1n) is 3.78. The molecule has 1 rings (SSSR count). The molecular weight excluding hydrogens is 234 g/mol. The fourth-order valence-corrected chi connectivity index (χ4v) is 1.03. The van der Waals surface area contributed by atoms with Gasteiger partial charge in [0, 0.05) is 10.7 Å². The number of likely N-dealkylation sites (N-methyl/N-ethyl adjacent to an activating group) is 1. The summed E-state index contributed by atoms with van der Waals surface area (Å²) in [6.07, 6.45) is 1.63. The van der Waals surface area contributed by atoms with Crippen molar-refractivity contribution in [1.29, 1.82) is 0 Å². The number of hydrogen-bond donors (Lipinski definition) is 2. The van der Waals surface area contributed by atoms with Crippen molar-refractivity contribution < 1.29 is 4.79 Å². The van der Waals surface area contributed by atoms with Crippen molar-refractivity contribution in [1.82, 2.24) is 10.3 Å². The van der Waals surface area contributed by atoms with Gasteiger partial charge in [0.25, 0.3) is 0 Å². The van der Waals surface area contributed by atoms with Crippen molar-refractivity contribution in [2.24, 2.45) is 0 Å². The van der Waals surface area contributed by atoms with Gasteiger partial charge in [0.15, 0.2) is 0 Å². The van der Waals surface area contributed by atoms with E-state index in [4.69, 9.17) is 0 Å². The highest BCUT2D eigenvalue weighted by atomic mass is 79.9. The summed E-state index contributed by atoms with van der Waals surface area (Å²) < 4.78 is 0.888. The van der Waals surface area contributed by atoms with Crippen molar-refractivity contribution in [3.05, 3.63) is 22.8 Å². The van der Waals surface area contributed by atoms with Crippen LogP contribution in [0, 0.1) is 0 Å². The molecule has 0 spiro atoms. The van der Waals surface area contributed by atoms with E-state index in [0.29, 0.717) is 5.82 Å². The van der Waals surface area contributed by atoms with Crippen molar-refractivity contribution in [2.75, 3.05) is 18.9 Å². The Morgan fingerprint density at radius 1 is 1.62 bits per heavy atom. The van der Waals surface area contributed by atoms with E-state index in [1.165, 1.54) is 0 Å². The van der Waals surface area contributed by atoms with Gasteiger partial charge in [-0.05, 0) is 35.1 Å². The molecule has 0 saturated heterocycles. The van der Waals surface area contributed by atoms with Crippen molar-refractivity contribution in [3.63, 3.8) is 0 Å². The van der Waals surface area contributed by atoms with Gasteiger partial charge in [-0.1, -0.05) is 0 Å². The number of nitrogens with zero attached hydrogens (tertiary/aromatic N) is 1. The van der Waals surface area contributed by atoms with E-state index in [2.05, 4.69) is 31.5 Å². The average Bonchev–Trinajstić information content (AvgIpc) is 2.09. The number of carbonyl (C=O) groups is 1. The van der Waals surface area contributed by atoms with Gasteiger partial charge in [0.2, 0.25) is 5.91 Å². The Morgan fingerprint density at radius 3 is 2.92 bits per heavy atom. The number of anilines is 1. The third kappa shape index (κ3) is 3.52. The lowest BCUT2D eigenvalue weighted by Gasteiger charge is -2.02. The van der Waals surface area contributed by atoms with Crippen LogP contribution in [0.25, 0.3) is 0 Å². The predicted molar refractivity (Wildman–Crippen MR) is 54.5 cm³/mol. The van der Waals surface area contributed by atoms with Gasteiger partial charge in [-0.3, -0.25) is 4.79 Å². The molecule has 70 valence electrons. The number of rotatable bonds is 3. The molecule has 0 bridgehead atoms. The fourth-order valence-electron chi connectivity index (χ4n) is 0.797. The quantitative estimate of drug-likeness (QED) is 0.834. The second-order valence-corrected chi connectivity index (χ2v) is 3.36. The van der Waals surface area contributed by atoms with Crippen LogP contribution in [0.3, 0.4) is 0 Å². The molecule has 0 aromatic carbocycles. The third-order valence-corrected chi connectivity index (χ3v) is 1.80. The number of amides is 1. The molecule has 0 aliphatic rings. The molecule has 0 atom stereocenters. The lowest BCUT2D eigenvalue weighted by molar-refractivity contribution is -0.115. The van der Waals surface area contributed by atoms with Gasteiger partial charge in [0.05, 0.1) is 6.54 Å². The van der Waals surface area contributed by atoms with Crippen LogP contribution in [0.4, 0.5) is 5.82 Å². The van der Waals surface area contributed by atoms with E-state index in [1.54, 1.807) is 19.3 Å². The van der Waals surface area contributed by atoms with Crippen molar-refractivity contribution >= 4 is 27.7 Å². The molecule has 1 heterocycles. The molecular formula is C8H10BrN3O. The summed E-state index contributed by atoms with van der Waals surface area (Å²) in [4.78, 5) is 15.1. The molecule has 1 amide bonds. The minimum absolute atomic E-state index is 0.0997. The first kappa shape index (κ1) is 10.1. The average molecular weight is 244 g/mol. The molecule has 0 aliphatic carbocycles. The van der Waals surface area contributed by atoms with Gasteiger partial charge in [-0.2, -0.15) is 0 Å². The van der Waals surface area contributed by atoms with Gasteiger partial charge in [-0.15, -0.1) is 0 Å². The topological polar surface area (TPSA) is 54.0 Å². The van der Waals surface area contributed by atoms with Gasteiger partial charge < -0.3 is 10.6 Å². The summed E-state index contributed by atoms with van der Waals surface area (Å²) in [5.41, 5.74) is 0. The number of pyridine rings is 1. The maximum absolute atomic E-state index is 11.1. The normalized spacial score (nSPS) is 9.69. The van der Waals surface area contributed by atoms with Crippen LogP contribution in [0.5, 0.6) is 0 Å². The van der Waals surface area contributed by atoms with Crippen molar-refractivity contribution in [2.45, 2.75) is 0 Å². The zero-order valence-corrected chi connectivity index (χ0v) is 8.76. The first-order valence-corrected chi connectivity index (χ1v) is 4.57. The SMILES string of the molecule is CNCC(=O)Nc1ccc(Br)cn1. The van der Waals surface area contributed by atoms with Crippen LogP contribution in [0.2, 0.25) is 0 Å². The van der Waals surface area contributed by atoms with Crippen LogP contribution in [0.15, 0.2) is 22.8 Å². The summed E-state index contributed by atoms with van der Waals surface area (Å²) in [6.45, 7) is 0.289. The molecule has 0 saturated carbocycles. The largest absolute Gasteiger partial charge is 0.311 e. The predicted octanol–water partition coefficient (Wildman–Crippen LogP) is 1.00. The summed E-state index contributed by atoms with van der Waals surface area (Å²) in [5.74, 6) is 0.459. The minimum atomic E-state index is -0.0997. The van der Waals surface area contributed by atoms with E-state index < -0.39 is 0 Å². The third-order valence-electron chi connectivity index (χ3n) is 1.33. The number of hydrogen-bond acceptors (Lipinski definition) is 3. The summed E-state index contributed by atoms with van der Waals surface area (Å²) in [7, 11) is 1.72. The maximum Gasteiger partial charge on any atom is 0.239 e. The van der Waals surface area contributed by atoms with E-state index in [0.717, 1.165) is 4.47 Å². The molecule has 1 aromatic heterocycles. The van der Waals surface area contributed by atoms with Crippen LogP contribution in [-0.4, -0.2) is 24.5 Å².